The van der Waals surface area contributed by atoms with E-state index in [1.165, 1.54) is 0 Å². The van der Waals surface area contributed by atoms with E-state index >= 15 is 0 Å². The van der Waals surface area contributed by atoms with E-state index in [9.17, 15) is 0 Å². The van der Waals surface area contributed by atoms with Crippen LogP contribution >= 0.6 is 0 Å². The monoisotopic (exact) mass is 301 g/mol. The summed E-state index contributed by atoms with van der Waals surface area (Å²) in [6.07, 6.45) is 7.47. The van der Waals surface area contributed by atoms with Crippen LogP contribution in [0.1, 0.15) is 20.8 Å². The highest BCUT2D eigenvalue weighted by Crippen LogP contribution is 2.32. The summed E-state index contributed by atoms with van der Waals surface area (Å²) < 4.78 is 2.07. The van der Waals surface area contributed by atoms with Crippen LogP contribution in [0.3, 0.4) is 0 Å². The van der Waals surface area contributed by atoms with Crippen molar-refractivity contribution in [2.75, 3.05) is 0 Å². The Balaban J connectivity index is 2.27. The maximum absolute atomic E-state index is 4.92. The van der Waals surface area contributed by atoms with Gasteiger partial charge in [-0.05, 0) is 17.4 Å². The number of rotatable bonds is 3. The van der Waals surface area contributed by atoms with E-state index in [0.717, 1.165) is 22.3 Å². The zero-order valence-electron chi connectivity index (χ0n) is 14.4. The Kier molecular flexibility index (Phi) is 4.04. The molecule has 0 aromatic carbocycles. The van der Waals surface area contributed by atoms with Crippen molar-refractivity contribution in [1.29, 1.82) is 0 Å². The van der Waals surface area contributed by atoms with E-state index in [1.807, 2.05) is 24.5 Å². The summed E-state index contributed by atoms with van der Waals surface area (Å²) in [4.78, 5) is 12.9. The summed E-state index contributed by atoms with van der Waals surface area (Å²) in [7, 11) is 4.46. The molecule has 0 amide bonds. The quantitative estimate of drug-likeness (QED) is 0.656. The lowest BCUT2D eigenvalue weighted by Gasteiger charge is -2.30. The normalized spacial score (nSPS) is 11.6. The lowest BCUT2D eigenvalue weighted by molar-refractivity contribution is 0.721. The standard InChI is InChI=1S/C14H19B4N5/c1-14(2,3)17(18(15)16)23-13-11(8-20-9-21-13)12(22-23)10-5-4-6-19-7-10/h4-9H,15-16H2,1-3H3. The van der Waals surface area contributed by atoms with E-state index < -0.39 is 0 Å². The Morgan fingerprint density at radius 2 is 1.91 bits per heavy atom. The molecule has 0 radical (unpaired) electrons. The van der Waals surface area contributed by atoms with Gasteiger partial charge in [0.1, 0.15) is 17.7 Å². The van der Waals surface area contributed by atoms with Gasteiger partial charge in [-0.3, -0.25) is 4.98 Å². The minimum Gasteiger partial charge on any atom is -0.305 e. The third-order valence-corrected chi connectivity index (χ3v) is 4.09. The highest BCUT2D eigenvalue weighted by atomic mass is 15.3. The third-order valence-electron chi connectivity index (χ3n) is 4.09. The topological polar surface area (TPSA) is 56.5 Å². The predicted molar refractivity (Wildman–Crippen MR) is 102 cm³/mol. The summed E-state index contributed by atoms with van der Waals surface area (Å²) in [5, 5.41) is 5.96. The van der Waals surface area contributed by atoms with Gasteiger partial charge in [-0.15, -0.1) is 0 Å². The van der Waals surface area contributed by atoms with E-state index in [-0.39, 0.29) is 12.1 Å². The fraction of sp³-hybridized carbons (Fsp3) is 0.286. The average molecular weight is 301 g/mol. The van der Waals surface area contributed by atoms with E-state index in [2.05, 4.69) is 55.8 Å². The van der Waals surface area contributed by atoms with E-state index in [1.54, 1.807) is 12.5 Å². The lowest BCUT2D eigenvalue weighted by atomic mass is 8.92. The van der Waals surface area contributed by atoms with Crippen LogP contribution in [0, 0.1) is 0 Å². The van der Waals surface area contributed by atoms with Gasteiger partial charge >= 0.3 is 0 Å². The molecule has 0 spiro atoms. The van der Waals surface area contributed by atoms with Crippen LogP contribution in [0.15, 0.2) is 37.1 Å². The number of hydrogen-bond donors (Lipinski definition) is 0. The second kappa shape index (κ2) is 5.87. The molecule has 112 valence electrons. The van der Waals surface area contributed by atoms with Gasteiger partial charge < -0.3 is 4.59 Å². The molecule has 0 fully saturated rings. The maximum atomic E-state index is 4.92. The van der Waals surface area contributed by atoms with Gasteiger partial charge in [0.2, 0.25) is 6.74 Å². The molecular weight excluding hydrogens is 281 g/mol. The number of pyridine rings is 1. The summed E-state index contributed by atoms with van der Waals surface area (Å²) in [6.45, 7) is 6.98. The molecule has 0 bridgehead atoms. The Bertz CT molecular complexity index is 813. The van der Waals surface area contributed by atoms with Crippen LogP contribution < -0.4 is 0 Å². The predicted octanol–water partition coefficient (Wildman–Crippen LogP) is 0.361. The molecule has 3 aromatic heterocycles. The first-order chi connectivity index (χ1) is 10.9. The van der Waals surface area contributed by atoms with Gasteiger partial charge in [0.05, 0.1) is 27.2 Å². The molecular formula is C14H19B4N5. The average Bonchev–Trinajstić information content (AvgIpc) is 2.86. The van der Waals surface area contributed by atoms with Crippen LogP contribution in [-0.2, 0) is 0 Å². The van der Waals surface area contributed by atoms with Crippen molar-refractivity contribution in [3.63, 3.8) is 0 Å². The Morgan fingerprint density at radius 3 is 2.52 bits per heavy atom. The molecule has 0 saturated heterocycles. The molecule has 23 heavy (non-hydrogen) atoms. The number of aromatic nitrogens is 5. The number of hydrogen-bond acceptors (Lipinski definition) is 4. The van der Waals surface area contributed by atoms with Gasteiger partial charge in [-0.1, -0.05) is 20.8 Å². The van der Waals surface area contributed by atoms with Crippen LogP contribution in [0.5, 0.6) is 0 Å². The molecule has 3 rings (SSSR count). The fourth-order valence-corrected chi connectivity index (χ4v) is 3.44. The van der Waals surface area contributed by atoms with Gasteiger partial charge in [-0.2, -0.15) is 5.10 Å². The number of nitrogens with zero attached hydrogens (tertiary/aromatic N) is 5. The molecule has 0 unspecified atom stereocenters. The highest BCUT2D eigenvalue weighted by Gasteiger charge is 2.37. The molecule has 9 heteroatoms. The van der Waals surface area contributed by atoms with Crippen molar-refractivity contribution in [1.82, 2.24) is 24.6 Å². The Morgan fingerprint density at radius 1 is 1.13 bits per heavy atom. The molecule has 0 saturated carbocycles. The van der Waals surface area contributed by atoms with Crippen molar-refractivity contribution in [2.45, 2.75) is 26.1 Å². The molecule has 3 aromatic rings. The Hall–Kier alpha value is -2.04. The van der Waals surface area contributed by atoms with Crippen molar-refractivity contribution in [3.8, 4) is 11.3 Å². The smallest absolute Gasteiger partial charge is 0.239 e. The van der Waals surface area contributed by atoms with Gasteiger partial charge in [0.25, 0.3) is 0 Å². The minimum atomic E-state index is 0.0737. The molecule has 0 N–H and O–H groups in total. The first kappa shape index (κ1) is 15.8. The van der Waals surface area contributed by atoms with Crippen molar-refractivity contribution in [2.24, 2.45) is 0 Å². The molecule has 0 aliphatic carbocycles. The largest absolute Gasteiger partial charge is 0.305 e. The van der Waals surface area contributed by atoms with E-state index in [0.29, 0.717) is 6.39 Å². The van der Waals surface area contributed by atoms with Crippen molar-refractivity contribution < 1.29 is 0 Å². The fourth-order valence-electron chi connectivity index (χ4n) is 3.44. The lowest BCUT2D eigenvalue weighted by Crippen LogP contribution is -2.50. The SMILES string of the molecule is BB(B)B(n1nc(-c2cccnc2)c2cncnc21)C(C)(C)C. The minimum absolute atomic E-state index is 0.0737. The van der Waals surface area contributed by atoms with Gasteiger partial charge in [-0.25, -0.2) is 9.97 Å². The van der Waals surface area contributed by atoms with Crippen LogP contribution in [0.2, 0.25) is 5.31 Å². The van der Waals surface area contributed by atoms with Crippen LogP contribution in [-0.4, -0.2) is 53.2 Å². The summed E-state index contributed by atoms with van der Waals surface area (Å²) in [5.74, 6) is 0. The third kappa shape index (κ3) is 2.92. The van der Waals surface area contributed by atoms with Gasteiger partial charge in [0, 0.05) is 24.2 Å². The maximum Gasteiger partial charge on any atom is 0.239 e. The zero-order valence-corrected chi connectivity index (χ0v) is 14.4. The summed E-state index contributed by atoms with van der Waals surface area (Å²) >= 11 is 0. The summed E-state index contributed by atoms with van der Waals surface area (Å²) in [5.41, 5.74) is 2.76. The number of fused-ring (bicyclic) bond motifs is 1. The molecule has 3 heterocycles. The molecule has 0 aliphatic rings. The molecule has 0 atom stereocenters. The highest BCUT2D eigenvalue weighted by molar-refractivity contribution is 7.58. The first-order valence-corrected chi connectivity index (χ1v) is 7.98. The molecule has 0 aliphatic heterocycles. The van der Waals surface area contributed by atoms with Crippen molar-refractivity contribution >= 4 is 39.6 Å². The van der Waals surface area contributed by atoms with E-state index in [4.69, 9.17) is 5.10 Å². The van der Waals surface area contributed by atoms with Crippen molar-refractivity contribution in [3.05, 3.63) is 37.1 Å². The Labute approximate surface area is 139 Å². The summed E-state index contributed by atoms with van der Waals surface area (Å²) in [6, 6.07) is 3.95. The van der Waals surface area contributed by atoms with Gasteiger partial charge in [0.15, 0.2) is 0 Å². The zero-order chi connectivity index (χ0) is 16.6. The van der Waals surface area contributed by atoms with Crippen LogP contribution in [0.25, 0.3) is 22.3 Å². The second-order valence-electron chi connectivity index (χ2n) is 7.35. The van der Waals surface area contributed by atoms with Crippen LogP contribution in [0.4, 0.5) is 0 Å². The first-order valence-electron chi connectivity index (χ1n) is 7.98. The molecule has 5 nitrogen and oxygen atoms in total. The second-order valence-corrected chi connectivity index (χ2v) is 7.35.